The third-order valence-corrected chi connectivity index (χ3v) is 4.89. The van der Waals surface area contributed by atoms with Crippen molar-refractivity contribution in [3.63, 3.8) is 0 Å². The molecule has 0 bridgehead atoms. The van der Waals surface area contributed by atoms with Crippen LogP contribution in [0.5, 0.6) is 5.75 Å². The first-order chi connectivity index (χ1) is 15.5. The molecule has 8 nitrogen and oxygen atoms in total. The quantitative estimate of drug-likeness (QED) is 0.181. The van der Waals surface area contributed by atoms with Crippen molar-refractivity contribution in [3.05, 3.63) is 106 Å². The van der Waals surface area contributed by atoms with Gasteiger partial charge in [-0.3, -0.25) is 15.0 Å². The monoisotopic (exact) mass is 430 g/mol. The molecule has 1 saturated heterocycles. The van der Waals surface area contributed by atoms with Crippen molar-refractivity contribution in [1.29, 1.82) is 0 Å². The predicted octanol–water partition coefficient (Wildman–Crippen LogP) is 4.91. The van der Waals surface area contributed by atoms with Crippen LogP contribution in [0.25, 0.3) is 6.08 Å². The fourth-order valence-electron chi connectivity index (χ4n) is 3.41. The average Bonchev–Trinajstić information content (AvgIpc) is 3.20. The number of nitro groups is 1. The van der Waals surface area contributed by atoms with Gasteiger partial charge in [-0.05, 0) is 35.4 Å². The average molecular weight is 430 g/mol. The van der Waals surface area contributed by atoms with Gasteiger partial charge in [-0.25, -0.2) is 9.59 Å². The number of cyclic esters (lactones) is 1. The molecule has 0 saturated carbocycles. The molecule has 3 aromatic carbocycles. The van der Waals surface area contributed by atoms with Crippen molar-refractivity contribution in [2.24, 2.45) is 0 Å². The van der Waals surface area contributed by atoms with Crippen molar-refractivity contribution in [3.8, 4) is 5.75 Å². The Morgan fingerprint density at radius 1 is 1.06 bits per heavy atom. The number of rotatable bonds is 6. The maximum atomic E-state index is 12.4. The molecule has 0 unspecified atom stereocenters. The highest BCUT2D eigenvalue weighted by Crippen LogP contribution is 2.38. The number of esters is 1. The van der Waals surface area contributed by atoms with E-state index in [1.165, 1.54) is 29.2 Å². The Hall–Kier alpha value is -4.46. The van der Waals surface area contributed by atoms with Gasteiger partial charge in [-0.1, -0.05) is 54.6 Å². The number of para-hydroxylation sites is 1. The molecule has 160 valence electrons. The zero-order valence-electron chi connectivity index (χ0n) is 16.8. The zero-order chi connectivity index (χ0) is 22.5. The SMILES string of the molecule is O=C(C=Cc1ccc(N2C(=O)OC[C@H]2c2ccccc2)c([N+](=O)[O-])c1)Oc1ccccc1. The molecule has 1 heterocycles. The van der Waals surface area contributed by atoms with Crippen molar-refractivity contribution in [2.75, 3.05) is 11.5 Å². The molecule has 1 fully saturated rings. The van der Waals surface area contributed by atoms with Gasteiger partial charge in [0.1, 0.15) is 18.0 Å². The van der Waals surface area contributed by atoms with Crippen molar-refractivity contribution in [2.45, 2.75) is 6.04 Å². The number of carbonyl (C=O) groups is 2. The van der Waals surface area contributed by atoms with Gasteiger partial charge in [0.25, 0.3) is 5.69 Å². The van der Waals surface area contributed by atoms with Gasteiger partial charge in [-0.15, -0.1) is 0 Å². The van der Waals surface area contributed by atoms with Crippen LogP contribution in [0.3, 0.4) is 0 Å². The molecule has 0 radical (unpaired) electrons. The molecule has 1 aliphatic heterocycles. The van der Waals surface area contributed by atoms with E-state index in [4.69, 9.17) is 9.47 Å². The number of anilines is 1. The van der Waals surface area contributed by atoms with Gasteiger partial charge >= 0.3 is 12.1 Å². The van der Waals surface area contributed by atoms with Crippen LogP contribution in [0.2, 0.25) is 0 Å². The van der Waals surface area contributed by atoms with Crippen LogP contribution in [-0.4, -0.2) is 23.6 Å². The number of hydrogen-bond acceptors (Lipinski definition) is 6. The minimum Gasteiger partial charge on any atom is -0.447 e. The molecular formula is C24H18N2O6. The van der Waals surface area contributed by atoms with Crippen molar-refractivity contribution in [1.82, 2.24) is 0 Å². The van der Waals surface area contributed by atoms with E-state index >= 15 is 0 Å². The molecule has 1 aliphatic rings. The lowest BCUT2D eigenvalue weighted by molar-refractivity contribution is -0.384. The minimum atomic E-state index is -0.656. The Morgan fingerprint density at radius 3 is 2.44 bits per heavy atom. The van der Waals surface area contributed by atoms with Gasteiger partial charge in [0, 0.05) is 12.1 Å². The molecule has 8 heteroatoms. The fraction of sp³-hybridized carbons (Fsp3) is 0.0833. The number of nitrogens with zero attached hydrogens (tertiary/aromatic N) is 2. The summed E-state index contributed by atoms with van der Waals surface area (Å²) in [5.74, 6) is -0.224. The summed E-state index contributed by atoms with van der Waals surface area (Å²) < 4.78 is 10.3. The number of benzene rings is 3. The summed E-state index contributed by atoms with van der Waals surface area (Å²) in [5.41, 5.74) is 1.06. The van der Waals surface area contributed by atoms with E-state index in [1.807, 2.05) is 30.3 Å². The smallest absolute Gasteiger partial charge is 0.415 e. The van der Waals surface area contributed by atoms with Gasteiger partial charge in [-0.2, -0.15) is 0 Å². The van der Waals surface area contributed by atoms with Crippen LogP contribution < -0.4 is 9.64 Å². The first-order valence-corrected chi connectivity index (χ1v) is 9.77. The van der Waals surface area contributed by atoms with E-state index in [1.54, 1.807) is 36.4 Å². The maximum absolute atomic E-state index is 12.4. The summed E-state index contributed by atoms with van der Waals surface area (Å²) in [7, 11) is 0. The van der Waals surface area contributed by atoms with Gasteiger partial charge in [0.05, 0.1) is 11.0 Å². The molecule has 3 aromatic rings. The summed E-state index contributed by atoms with van der Waals surface area (Å²) in [4.78, 5) is 36.9. The van der Waals surface area contributed by atoms with E-state index < -0.39 is 23.0 Å². The van der Waals surface area contributed by atoms with Gasteiger partial charge in [0.2, 0.25) is 0 Å². The van der Waals surface area contributed by atoms with Crippen LogP contribution in [0.4, 0.5) is 16.2 Å². The third-order valence-electron chi connectivity index (χ3n) is 4.89. The molecule has 32 heavy (non-hydrogen) atoms. The molecule has 1 amide bonds. The van der Waals surface area contributed by atoms with Gasteiger partial charge in [0.15, 0.2) is 0 Å². The van der Waals surface area contributed by atoms with Gasteiger partial charge < -0.3 is 9.47 Å². The lowest BCUT2D eigenvalue weighted by Gasteiger charge is -2.21. The number of ether oxygens (including phenoxy) is 2. The number of amides is 1. The normalized spacial score (nSPS) is 15.6. The maximum Gasteiger partial charge on any atom is 0.415 e. The van der Waals surface area contributed by atoms with E-state index in [-0.39, 0.29) is 18.0 Å². The molecule has 4 rings (SSSR count). The summed E-state index contributed by atoms with van der Waals surface area (Å²) in [6.45, 7) is 0.0903. The Morgan fingerprint density at radius 2 is 1.75 bits per heavy atom. The Labute approximate surface area is 183 Å². The van der Waals surface area contributed by atoms with Crippen LogP contribution in [0.1, 0.15) is 17.2 Å². The van der Waals surface area contributed by atoms with E-state index in [2.05, 4.69) is 0 Å². The van der Waals surface area contributed by atoms with E-state index in [9.17, 15) is 19.7 Å². The van der Waals surface area contributed by atoms with E-state index in [0.717, 1.165) is 5.56 Å². The van der Waals surface area contributed by atoms with Crippen LogP contribution in [0.15, 0.2) is 84.9 Å². The Bertz CT molecular complexity index is 1180. The lowest BCUT2D eigenvalue weighted by Crippen LogP contribution is -2.28. The molecule has 1 atom stereocenters. The van der Waals surface area contributed by atoms with Crippen LogP contribution >= 0.6 is 0 Å². The summed E-state index contributed by atoms with van der Waals surface area (Å²) >= 11 is 0. The summed E-state index contributed by atoms with van der Waals surface area (Å²) in [6, 6.07) is 21.6. The zero-order valence-corrected chi connectivity index (χ0v) is 16.8. The van der Waals surface area contributed by atoms with Crippen molar-refractivity contribution >= 4 is 29.5 Å². The fourth-order valence-corrected chi connectivity index (χ4v) is 3.41. The predicted molar refractivity (Wildman–Crippen MR) is 117 cm³/mol. The van der Waals surface area contributed by atoms with Crippen LogP contribution in [0, 0.1) is 10.1 Å². The third kappa shape index (κ3) is 4.49. The molecule has 0 N–H and O–H groups in total. The molecule has 0 spiro atoms. The second kappa shape index (κ2) is 9.13. The second-order valence-corrected chi connectivity index (χ2v) is 6.95. The number of nitro benzene ring substituents is 1. The largest absolute Gasteiger partial charge is 0.447 e. The lowest BCUT2D eigenvalue weighted by atomic mass is 10.1. The minimum absolute atomic E-state index is 0.0903. The molecular weight excluding hydrogens is 412 g/mol. The highest BCUT2D eigenvalue weighted by molar-refractivity contribution is 5.94. The topological polar surface area (TPSA) is 99.0 Å². The standard InChI is InChI=1S/C24H18N2O6/c27-23(32-19-9-5-2-6-10-19)14-12-17-11-13-20(21(15-17)26(29)30)25-22(16-31-24(25)28)18-7-3-1-4-8-18/h1-15,22H,16H2/t22-/m0/s1. The second-order valence-electron chi connectivity index (χ2n) is 6.95. The number of hydrogen-bond donors (Lipinski definition) is 0. The van der Waals surface area contributed by atoms with Crippen molar-refractivity contribution < 1.29 is 24.0 Å². The summed E-state index contributed by atoms with van der Waals surface area (Å²) in [5, 5.41) is 11.8. The van der Waals surface area contributed by atoms with Crippen LogP contribution in [-0.2, 0) is 9.53 Å². The Kier molecular flexibility index (Phi) is 5.94. The highest BCUT2D eigenvalue weighted by Gasteiger charge is 2.38. The Balaban J connectivity index is 1.60. The van der Waals surface area contributed by atoms with E-state index in [0.29, 0.717) is 11.3 Å². The molecule has 0 aromatic heterocycles. The number of carbonyl (C=O) groups excluding carboxylic acids is 2. The first-order valence-electron chi connectivity index (χ1n) is 9.77. The highest BCUT2D eigenvalue weighted by atomic mass is 16.6. The first kappa shape index (κ1) is 20.8. The molecule has 0 aliphatic carbocycles. The summed E-state index contributed by atoms with van der Waals surface area (Å²) in [6.07, 6.45) is 1.94.